The van der Waals surface area contributed by atoms with Crippen LogP contribution in [0.25, 0.3) is 0 Å². The van der Waals surface area contributed by atoms with Crippen LogP contribution in [0.5, 0.6) is 0 Å². The van der Waals surface area contributed by atoms with Crippen LogP contribution >= 0.6 is 39.9 Å². The Bertz CT molecular complexity index is 456. The van der Waals surface area contributed by atoms with Gasteiger partial charge in [0, 0.05) is 15.5 Å². The van der Waals surface area contributed by atoms with E-state index in [9.17, 15) is 4.79 Å². The van der Waals surface area contributed by atoms with Crippen molar-refractivity contribution in [2.45, 2.75) is 25.3 Å². The highest BCUT2D eigenvalue weighted by Gasteiger charge is 2.28. The topological polar surface area (TPSA) is 55.1 Å². The second-order valence-corrected chi connectivity index (χ2v) is 5.92. The van der Waals surface area contributed by atoms with E-state index in [0.29, 0.717) is 23.0 Å². The van der Waals surface area contributed by atoms with Gasteiger partial charge in [-0.05, 0) is 59.4 Å². The van der Waals surface area contributed by atoms with E-state index in [1.54, 1.807) is 18.2 Å². The molecule has 1 amide bonds. The van der Waals surface area contributed by atoms with Crippen LogP contribution in [0.2, 0.25) is 5.02 Å². The molecule has 2 rings (SSSR count). The summed E-state index contributed by atoms with van der Waals surface area (Å²) in [5, 5.41) is 3.62. The molecule has 0 radical (unpaired) electrons. The summed E-state index contributed by atoms with van der Waals surface area (Å²) in [5.74, 6) is 0.307. The molecule has 1 aromatic rings. The maximum absolute atomic E-state index is 12.2. The van der Waals surface area contributed by atoms with Gasteiger partial charge in [0.2, 0.25) is 0 Å². The third-order valence-electron chi connectivity index (χ3n) is 3.45. The fraction of sp³-hybridized carbons (Fsp3) is 0.462. The molecule has 1 fully saturated rings. The van der Waals surface area contributed by atoms with Crippen LogP contribution in [0, 0.1) is 5.92 Å². The maximum Gasteiger partial charge on any atom is 0.252 e. The minimum absolute atomic E-state index is 0. The van der Waals surface area contributed by atoms with Gasteiger partial charge in [0.1, 0.15) is 0 Å². The first-order valence-corrected chi connectivity index (χ1v) is 7.25. The third-order valence-corrected chi connectivity index (χ3v) is 4.38. The van der Waals surface area contributed by atoms with Crippen molar-refractivity contribution in [1.29, 1.82) is 0 Å². The number of nitrogens with two attached hydrogens (primary N) is 1. The smallest absolute Gasteiger partial charge is 0.252 e. The number of carbonyl (C=O) groups excluding carboxylic acids is 1. The lowest BCUT2D eigenvalue weighted by atomic mass is 10.0. The van der Waals surface area contributed by atoms with Crippen LogP contribution < -0.4 is 11.1 Å². The number of carbonyl (C=O) groups is 1. The number of amides is 1. The summed E-state index contributed by atoms with van der Waals surface area (Å²) >= 11 is 9.28. The summed E-state index contributed by atoms with van der Waals surface area (Å²) in [4.78, 5) is 12.2. The van der Waals surface area contributed by atoms with E-state index in [4.69, 9.17) is 17.3 Å². The molecule has 1 aromatic carbocycles. The molecule has 6 heteroatoms. The van der Waals surface area contributed by atoms with Crippen LogP contribution in [0.3, 0.4) is 0 Å². The number of halogens is 3. The predicted octanol–water partition coefficient (Wildman–Crippen LogP) is 3.38. The first-order valence-electron chi connectivity index (χ1n) is 6.08. The summed E-state index contributed by atoms with van der Waals surface area (Å²) in [6, 6.07) is 5.40. The first-order chi connectivity index (χ1) is 8.61. The lowest BCUT2D eigenvalue weighted by Gasteiger charge is -2.19. The number of hydrogen-bond acceptors (Lipinski definition) is 2. The molecular weight excluding hydrogens is 351 g/mol. The molecule has 0 spiro atoms. The van der Waals surface area contributed by atoms with Gasteiger partial charge in [-0.25, -0.2) is 0 Å². The maximum atomic E-state index is 12.2. The SMILES string of the molecule is Cl.NCC1CCCC1NC(=O)c1cc(Cl)ccc1Br. The molecule has 1 aliphatic carbocycles. The molecule has 19 heavy (non-hydrogen) atoms. The molecule has 0 aliphatic heterocycles. The molecule has 2 unspecified atom stereocenters. The van der Waals surface area contributed by atoms with Gasteiger partial charge in [-0.15, -0.1) is 12.4 Å². The highest BCUT2D eigenvalue weighted by atomic mass is 79.9. The van der Waals surface area contributed by atoms with E-state index in [1.165, 1.54) is 0 Å². The van der Waals surface area contributed by atoms with Gasteiger partial charge in [0.05, 0.1) is 5.56 Å². The Morgan fingerprint density at radius 2 is 2.21 bits per heavy atom. The standard InChI is InChI=1S/C13H16BrClN2O.ClH/c14-11-5-4-9(15)6-10(11)13(18)17-12-3-1-2-8(12)7-16;/h4-6,8,12H,1-3,7,16H2,(H,17,18);1H. The average molecular weight is 368 g/mol. The Hall–Kier alpha value is -0.290. The van der Waals surface area contributed by atoms with Crippen molar-refractivity contribution >= 4 is 45.8 Å². The van der Waals surface area contributed by atoms with Gasteiger partial charge < -0.3 is 11.1 Å². The predicted molar refractivity (Wildman–Crippen MR) is 84.0 cm³/mol. The fourth-order valence-corrected chi connectivity index (χ4v) is 3.03. The van der Waals surface area contributed by atoms with Gasteiger partial charge in [-0.2, -0.15) is 0 Å². The summed E-state index contributed by atoms with van der Waals surface area (Å²) in [7, 11) is 0. The van der Waals surface area contributed by atoms with Crippen molar-refractivity contribution in [3.63, 3.8) is 0 Å². The number of rotatable bonds is 3. The van der Waals surface area contributed by atoms with Crippen LogP contribution in [-0.4, -0.2) is 18.5 Å². The van der Waals surface area contributed by atoms with Crippen LogP contribution in [0.4, 0.5) is 0 Å². The number of nitrogens with one attached hydrogen (secondary N) is 1. The highest BCUT2D eigenvalue weighted by Crippen LogP contribution is 2.26. The second kappa shape index (κ2) is 7.48. The molecule has 1 aliphatic rings. The summed E-state index contributed by atoms with van der Waals surface area (Å²) in [6.45, 7) is 0.627. The molecule has 3 N–H and O–H groups in total. The van der Waals surface area contributed by atoms with Crippen molar-refractivity contribution in [3.05, 3.63) is 33.3 Å². The van der Waals surface area contributed by atoms with Crippen LogP contribution in [0.15, 0.2) is 22.7 Å². The lowest BCUT2D eigenvalue weighted by molar-refractivity contribution is 0.0928. The quantitative estimate of drug-likeness (QED) is 0.860. The molecule has 106 valence electrons. The van der Waals surface area contributed by atoms with Crippen molar-refractivity contribution in [3.8, 4) is 0 Å². The zero-order valence-electron chi connectivity index (χ0n) is 10.4. The van der Waals surface area contributed by atoms with E-state index >= 15 is 0 Å². The molecular formula is C13H17BrCl2N2O. The molecule has 0 heterocycles. The van der Waals surface area contributed by atoms with Gasteiger partial charge in [0.25, 0.3) is 5.91 Å². The Kier molecular flexibility index (Phi) is 6.60. The molecule has 2 atom stereocenters. The van der Waals surface area contributed by atoms with Gasteiger partial charge in [-0.1, -0.05) is 18.0 Å². The Morgan fingerprint density at radius 1 is 1.47 bits per heavy atom. The largest absolute Gasteiger partial charge is 0.349 e. The summed E-state index contributed by atoms with van der Waals surface area (Å²) in [5.41, 5.74) is 6.29. The highest BCUT2D eigenvalue weighted by molar-refractivity contribution is 9.10. The van der Waals surface area contributed by atoms with Gasteiger partial charge in [0.15, 0.2) is 0 Å². The Morgan fingerprint density at radius 3 is 2.89 bits per heavy atom. The minimum Gasteiger partial charge on any atom is -0.349 e. The molecule has 0 saturated heterocycles. The molecule has 3 nitrogen and oxygen atoms in total. The van der Waals surface area contributed by atoms with Crippen LogP contribution in [0.1, 0.15) is 29.6 Å². The van der Waals surface area contributed by atoms with E-state index < -0.39 is 0 Å². The van der Waals surface area contributed by atoms with Gasteiger partial charge in [-0.3, -0.25) is 4.79 Å². The van der Waals surface area contributed by atoms with Crippen molar-refractivity contribution in [1.82, 2.24) is 5.32 Å². The summed E-state index contributed by atoms with van der Waals surface area (Å²) < 4.78 is 0.756. The van der Waals surface area contributed by atoms with Crippen LogP contribution in [-0.2, 0) is 0 Å². The number of hydrogen-bond donors (Lipinski definition) is 2. The monoisotopic (exact) mass is 366 g/mol. The second-order valence-electron chi connectivity index (χ2n) is 4.63. The lowest BCUT2D eigenvalue weighted by Crippen LogP contribution is -2.40. The Labute approximate surface area is 132 Å². The zero-order valence-corrected chi connectivity index (χ0v) is 13.5. The fourth-order valence-electron chi connectivity index (χ4n) is 2.43. The van der Waals surface area contributed by atoms with E-state index in [1.807, 2.05) is 0 Å². The average Bonchev–Trinajstić information content (AvgIpc) is 2.79. The normalized spacial score (nSPS) is 21.8. The van der Waals surface area contributed by atoms with E-state index in [0.717, 1.165) is 23.7 Å². The van der Waals surface area contributed by atoms with Crippen molar-refractivity contribution in [2.75, 3.05) is 6.54 Å². The number of benzene rings is 1. The van der Waals surface area contributed by atoms with Crippen molar-refractivity contribution in [2.24, 2.45) is 11.7 Å². The molecule has 0 bridgehead atoms. The summed E-state index contributed by atoms with van der Waals surface area (Å²) in [6.07, 6.45) is 3.23. The minimum atomic E-state index is -0.0882. The van der Waals surface area contributed by atoms with Crippen molar-refractivity contribution < 1.29 is 4.79 Å². The Balaban J connectivity index is 0.00000180. The molecule has 1 saturated carbocycles. The zero-order chi connectivity index (χ0) is 13.1. The molecule has 0 aromatic heterocycles. The van der Waals surface area contributed by atoms with E-state index in [2.05, 4.69) is 21.2 Å². The third kappa shape index (κ3) is 4.09. The van der Waals surface area contributed by atoms with Gasteiger partial charge >= 0.3 is 0 Å². The first kappa shape index (κ1) is 16.8. The van der Waals surface area contributed by atoms with E-state index in [-0.39, 0.29) is 24.4 Å².